The number of thioether (sulfide) groups is 1. The topological polar surface area (TPSA) is 37.4 Å². The van der Waals surface area contributed by atoms with Crippen LogP contribution in [0.3, 0.4) is 0 Å². The first kappa shape index (κ1) is 14.1. The number of rotatable bonds is 3. The fourth-order valence-corrected chi connectivity index (χ4v) is 3.56. The van der Waals surface area contributed by atoms with Gasteiger partial charge in [0.25, 0.3) is 11.1 Å². The van der Waals surface area contributed by atoms with Crippen molar-refractivity contribution in [3.63, 3.8) is 0 Å². The highest BCUT2D eigenvalue weighted by molar-refractivity contribution is 8.18. The van der Waals surface area contributed by atoms with Gasteiger partial charge in [-0.1, -0.05) is 24.3 Å². The van der Waals surface area contributed by atoms with Crippen molar-refractivity contribution in [1.82, 2.24) is 4.90 Å². The van der Waals surface area contributed by atoms with Crippen molar-refractivity contribution in [2.75, 3.05) is 0 Å². The Morgan fingerprint density at radius 2 is 2.00 bits per heavy atom. The van der Waals surface area contributed by atoms with Gasteiger partial charge in [-0.2, -0.15) is 11.3 Å². The predicted molar refractivity (Wildman–Crippen MR) is 87.0 cm³/mol. The van der Waals surface area contributed by atoms with Crippen LogP contribution in [0.4, 0.5) is 4.79 Å². The third kappa shape index (κ3) is 2.94. The van der Waals surface area contributed by atoms with Crippen molar-refractivity contribution in [3.8, 4) is 0 Å². The second kappa shape index (κ2) is 5.87. The number of aryl methyl sites for hydroxylation is 1. The largest absolute Gasteiger partial charge is 0.293 e. The van der Waals surface area contributed by atoms with E-state index in [9.17, 15) is 9.59 Å². The molecular formula is C16H13NO2S2. The van der Waals surface area contributed by atoms with Gasteiger partial charge in [-0.05, 0) is 58.3 Å². The van der Waals surface area contributed by atoms with Gasteiger partial charge < -0.3 is 0 Å². The first-order valence-corrected chi connectivity index (χ1v) is 8.23. The van der Waals surface area contributed by atoms with Crippen LogP contribution in [-0.2, 0) is 11.3 Å². The number of carbonyl (C=O) groups excluding carboxylic acids is 2. The Bertz CT molecular complexity index is 720. The van der Waals surface area contributed by atoms with Gasteiger partial charge in [0.2, 0.25) is 0 Å². The SMILES string of the molecule is Cc1ccccc1CN1C(=O)S/C(=C\c2ccsc2)C1=O. The molecule has 0 atom stereocenters. The molecular weight excluding hydrogens is 302 g/mol. The minimum atomic E-state index is -0.209. The van der Waals surface area contributed by atoms with E-state index in [-0.39, 0.29) is 11.1 Å². The van der Waals surface area contributed by atoms with Crippen molar-refractivity contribution in [2.45, 2.75) is 13.5 Å². The van der Waals surface area contributed by atoms with Gasteiger partial charge in [-0.15, -0.1) is 0 Å². The molecule has 0 saturated carbocycles. The zero-order chi connectivity index (χ0) is 14.8. The second-order valence-electron chi connectivity index (χ2n) is 4.75. The summed E-state index contributed by atoms with van der Waals surface area (Å²) in [6.45, 7) is 2.31. The van der Waals surface area contributed by atoms with E-state index in [1.54, 1.807) is 17.4 Å². The summed E-state index contributed by atoms with van der Waals surface area (Å²) in [5.41, 5.74) is 3.04. The van der Waals surface area contributed by atoms with Crippen molar-refractivity contribution in [1.29, 1.82) is 0 Å². The Morgan fingerprint density at radius 1 is 1.19 bits per heavy atom. The molecule has 106 valence electrons. The smallest absolute Gasteiger partial charge is 0.268 e. The van der Waals surface area contributed by atoms with Gasteiger partial charge in [0.1, 0.15) is 0 Å². The van der Waals surface area contributed by atoms with Crippen molar-refractivity contribution in [2.24, 2.45) is 0 Å². The standard InChI is InChI=1S/C16H13NO2S2/c1-11-4-2-3-5-13(11)9-17-15(18)14(21-16(17)19)8-12-6-7-20-10-12/h2-8,10H,9H2,1H3/b14-8-. The van der Waals surface area contributed by atoms with Crippen LogP contribution in [0.2, 0.25) is 0 Å². The number of benzene rings is 1. The highest BCUT2D eigenvalue weighted by Gasteiger charge is 2.35. The summed E-state index contributed by atoms with van der Waals surface area (Å²) in [7, 11) is 0. The van der Waals surface area contributed by atoms with Crippen LogP contribution in [0.25, 0.3) is 6.08 Å². The third-order valence-corrected chi connectivity index (χ3v) is 4.91. The van der Waals surface area contributed by atoms with E-state index in [2.05, 4.69) is 0 Å². The summed E-state index contributed by atoms with van der Waals surface area (Å²) in [6.07, 6.45) is 1.78. The lowest BCUT2D eigenvalue weighted by atomic mass is 10.1. The summed E-state index contributed by atoms with van der Waals surface area (Å²) in [4.78, 5) is 26.2. The van der Waals surface area contributed by atoms with Crippen LogP contribution in [0.15, 0.2) is 46.0 Å². The molecule has 1 aromatic carbocycles. The number of carbonyl (C=O) groups is 2. The molecule has 0 N–H and O–H groups in total. The number of nitrogens with zero attached hydrogens (tertiary/aromatic N) is 1. The molecule has 0 aliphatic carbocycles. The quantitative estimate of drug-likeness (QED) is 0.793. The highest BCUT2D eigenvalue weighted by atomic mass is 32.2. The van der Waals surface area contributed by atoms with E-state index in [1.165, 1.54) is 4.90 Å². The lowest BCUT2D eigenvalue weighted by Gasteiger charge is -2.14. The Kier molecular flexibility index (Phi) is 3.94. The van der Waals surface area contributed by atoms with Crippen LogP contribution in [0.1, 0.15) is 16.7 Å². The van der Waals surface area contributed by atoms with Crippen LogP contribution < -0.4 is 0 Å². The summed E-state index contributed by atoms with van der Waals surface area (Å²) >= 11 is 2.57. The summed E-state index contributed by atoms with van der Waals surface area (Å²) in [5.74, 6) is -0.209. The Morgan fingerprint density at radius 3 is 2.71 bits per heavy atom. The van der Waals surface area contributed by atoms with Crippen LogP contribution >= 0.6 is 23.1 Å². The van der Waals surface area contributed by atoms with E-state index in [4.69, 9.17) is 0 Å². The molecule has 3 nitrogen and oxygen atoms in total. The van der Waals surface area contributed by atoms with Crippen LogP contribution in [-0.4, -0.2) is 16.0 Å². The molecule has 2 amide bonds. The molecule has 2 heterocycles. The maximum absolute atomic E-state index is 12.4. The minimum absolute atomic E-state index is 0.204. The molecule has 5 heteroatoms. The Labute approximate surface area is 131 Å². The van der Waals surface area contributed by atoms with E-state index in [1.807, 2.05) is 48.0 Å². The number of hydrogen-bond acceptors (Lipinski definition) is 4. The highest BCUT2D eigenvalue weighted by Crippen LogP contribution is 2.33. The molecule has 3 rings (SSSR count). The van der Waals surface area contributed by atoms with Gasteiger partial charge in [-0.3, -0.25) is 14.5 Å². The van der Waals surface area contributed by atoms with Crippen LogP contribution in [0.5, 0.6) is 0 Å². The molecule has 0 bridgehead atoms. The molecule has 1 saturated heterocycles. The fraction of sp³-hybridized carbons (Fsp3) is 0.125. The number of thiophene rings is 1. The van der Waals surface area contributed by atoms with Crippen LogP contribution in [0, 0.1) is 6.92 Å². The molecule has 1 aliphatic heterocycles. The zero-order valence-corrected chi connectivity index (χ0v) is 13.0. The maximum Gasteiger partial charge on any atom is 0.293 e. The van der Waals surface area contributed by atoms with Gasteiger partial charge in [0, 0.05) is 0 Å². The zero-order valence-electron chi connectivity index (χ0n) is 11.4. The molecule has 2 aromatic rings. The summed E-state index contributed by atoms with van der Waals surface area (Å²) < 4.78 is 0. The number of amides is 2. The average molecular weight is 315 g/mol. The molecule has 1 aromatic heterocycles. The number of imide groups is 1. The maximum atomic E-state index is 12.4. The molecule has 21 heavy (non-hydrogen) atoms. The van der Waals surface area contributed by atoms with Crippen molar-refractivity contribution >= 4 is 40.3 Å². The van der Waals surface area contributed by atoms with Crippen molar-refractivity contribution in [3.05, 3.63) is 62.7 Å². The first-order valence-electron chi connectivity index (χ1n) is 6.47. The second-order valence-corrected chi connectivity index (χ2v) is 6.52. The molecule has 1 fully saturated rings. The third-order valence-electron chi connectivity index (χ3n) is 3.30. The van der Waals surface area contributed by atoms with Gasteiger partial charge in [0.05, 0.1) is 11.4 Å². The minimum Gasteiger partial charge on any atom is -0.268 e. The average Bonchev–Trinajstić information content (AvgIpc) is 3.05. The van der Waals surface area contributed by atoms with Gasteiger partial charge in [0.15, 0.2) is 0 Å². The Hall–Kier alpha value is -1.85. The molecule has 0 spiro atoms. The normalized spacial score (nSPS) is 17.0. The lowest BCUT2D eigenvalue weighted by Crippen LogP contribution is -2.27. The number of hydrogen-bond donors (Lipinski definition) is 0. The first-order chi connectivity index (χ1) is 10.1. The van der Waals surface area contributed by atoms with E-state index < -0.39 is 0 Å². The van der Waals surface area contributed by atoms with Crippen molar-refractivity contribution < 1.29 is 9.59 Å². The summed E-state index contributed by atoms with van der Waals surface area (Å²) in [5, 5.41) is 3.70. The van der Waals surface area contributed by atoms with E-state index in [0.717, 1.165) is 28.5 Å². The fourth-order valence-electron chi connectivity index (χ4n) is 2.10. The molecule has 1 aliphatic rings. The van der Waals surface area contributed by atoms with E-state index >= 15 is 0 Å². The summed E-state index contributed by atoms with van der Waals surface area (Å²) in [6, 6.07) is 9.72. The van der Waals surface area contributed by atoms with E-state index in [0.29, 0.717) is 11.4 Å². The molecule has 0 radical (unpaired) electrons. The monoisotopic (exact) mass is 315 g/mol. The van der Waals surface area contributed by atoms with Gasteiger partial charge in [-0.25, -0.2) is 0 Å². The predicted octanol–water partition coefficient (Wildman–Crippen LogP) is 4.29. The lowest BCUT2D eigenvalue weighted by molar-refractivity contribution is -0.123. The Balaban J connectivity index is 1.83. The molecule has 0 unspecified atom stereocenters. The van der Waals surface area contributed by atoms with Gasteiger partial charge >= 0.3 is 0 Å².